The maximum Gasteiger partial charge on any atom is 0.200 e. The lowest BCUT2D eigenvalue weighted by atomic mass is 10.2. The molecule has 1 aromatic heterocycles. The van der Waals surface area contributed by atoms with E-state index >= 15 is 0 Å². The fourth-order valence-corrected chi connectivity index (χ4v) is 3.27. The number of tetrazole rings is 1. The lowest BCUT2D eigenvalue weighted by molar-refractivity contribution is 0.0241. The van der Waals surface area contributed by atoms with Gasteiger partial charge in [-0.05, 0) is 29.7 Å². The standard InChI is InChI=1S/C14H17ClN6OS/c1-16-14(23-2)20-6-7-22-9-12(20)13-17-19-21(18-13)11-5-3-4-10(15)8-11/h3-5,8,12H,6-7,9H2,1-2H3/b16-14-. The van der Waals surface area contributed by atoms with Gasteiger partial charge in [0.1, 0.15) is 6.04 Å². The van der Waals surface area contributed by atoms with Gasteiger partial charge < -0.3 is 9.64 Å². The summed E-state index contributed by atoms with van der Waals surface area (Å²) in [6.07, 6.45) is 2.01. The van der Waals surface area contributed by atoms with Gasteiger partial charge in [-0.25, -0.2) is 0 Å². The first-order valence-electron chi connectivity index (χ1n) is 7.14. The minimum Gasteiger partial charge on any atom is -0.377 e. The molecule has 23 heavy (non-hydrogen) atoms. The fraction of sp³-hybridized carbons (Fsp3) is 0.429. The zero-order valence-corrected chi connectivity index (χ0v) is 14.5. The third-order valence-electron chi connectivity index (χ3n) is 3.51. The van der Waals surface area contributed by atoms with E-state index in [9.17, 15) is 0 Å². The van der Waals surface area contributed by atoms with E-state index in [2.05, 4.69) is 25.3 Å². The molecule has 3 rings (SSSR count). The summed E-state index contributed by atoms with van der Waals surface area (Å²) in [5.74, 6) is 0.611. The molecule has 1 fully saturated rings. The van der Waals surface area contributed by atoms with Gasteiger partial charge in [0.05, 0.1) is 18.9 Å². The van der Waals surface area contributed by atoms with Crippen LogP contribution in [0.1, 0.15) is 11.9 Å². The summed E-state index contributed by atoms with van der Waals surface area (Å²) in [5.41, 5.74) is 0.772. The largest absolute Gasteiger partial charge is 0.377 e. The van der Waals surface area contributed by atoms with Crippen molar-refractivity contribution in [3.8, 4) is 5.69 Å². The molecule has 0 N–H and O–H groups in total. The number of morpholine rings is 1. The van der Waals surface area contributed by atoms with Gasteiger partial charge in [0.2, 0.25) is 0 Å². The number of aliphatic imine (C=N–C) groups is 1. The predicted octanol–water partition coefficient (Wildman–Crippen LogP) is 2.04. The molecule has 0 bridgehead atoms. The quantitative estimate of drug-likeness (QED) is 0.608. The van der Waals surface area contributed by atoms with Crippen LogP contribution >= 0.6 is 23.4 Å². The van der Waals surface area contributed by atoms with Crippen LogP contribution in [-0.2, 0) is 4.74 Å². The number of hydrogen-bond acceptors (Lipinski definition) is 6. The van der Waals surface area contributed by atoms with Gasteiger partial charge in [-0.3, -0.25) is 4.99 Å². The molecule has 1 atom stereocenters. The molecular formula is C14H17ClN6OS. The number of amidine groups is 1. The van der Waals surface area contributed by atoms with Gasteiger partial charge in [-0.1, -0.05) is 29.4 Å². The number of rotatable bonds is 2. The normalized spacial score (nSPS) is 19.2. The second kappa shape index (κ2) is 7.29. The molecule has 1 aliphatic rings. The highest BCUT2D eigenvalue weighted by molar-refractivity contribution is 8.13. The molecule has 0 aliphatic carbocycles. The molecule has 1 aliphatic heterocycles. The molecule has 1 unspecified atom stereocenters. The van der Waals surface area contributed by atoms with Gasteiger partial charge in [0.15, 0.2) is 11.0 Å². The molecule has 2 heterocycles. The van der Waals surface area contributed by atoms with Gasteiger partial charge >= 0.3 is 0 Å². The molecule has 7 nitrogen and oxygen atoms in total. The lowest BCUT2D eigenvalue weighted by Crippen LogP contribution is -2.42. The summed E-state index contributed by atoms with van der Waals surface area (Å²) in [6, 6.07) is 7.24. The second-order valence-corrected chi connectivity index (χ2v) is 6.12. The van der Waals surface area contributed by atoms with Crippen molar-refractivity contribution in [2.45, 2.75) is 6.04 Å². The van der Waals surface area contributed by atoms with E-state index in [0.29, 0.717) is 24.1 Å². The average molecular weight is 353 g/mol. The number of thioether (sulfide) groups is 1. The first kappa shape index (κ1) is 16.2. The number of nitrogens with zero attached hydrogens (tertiary/aromatic N) is 6. The van der Waals surface area contributed by atoms with E-state index in [1.54, 1.807) is 24.9 Å². The third-order valence-corrected chi connectivity index (χ3v) is 4.53. The Morgan fingerprint density at radius 1 is 1.48 bits per heavy atom. The maximum absolute atomic E-state index is 6.02. The van der Waals surface area contributed by atoms with E-state index in [1.165, 1.54) is 4.80 Å². The van der Waals surface area contributed by atoms with Crippen LogP contribution in [0.4, 0.5) is 0 Å². The van der Waals surface area contributed by atoms with Gasteiger partial charge in [0, 0.05) is 18.6 Å². The summed E-state index contributed by atoms with van der Waals surface area (Å²) in [6.45, 7) is 1.93. The van der Waals surface area contributed by atoms with E-state index in [4.69, 9.17) is 16.3 Å². The number of aromatic nitrogens is 4. The van der Waals surface area contributed by atoms with Crippen LogP contribution in [0.15, 0.2) is 29.3 Å². The zero-order valence-electron chi connectivity index (χ0n) is 12.9. The molecule has 122 valence electrons. The monoisotopic (exact) mass is 352 g/mol. The van der Waals surface area contributed by atoms with Crippen molar-refractivity contribution in [1.29, 1.82) is 0 Å². The molecule has 1 saturated heterocycles. The Hall–Kier alpha value is -1.64. The van der Waals surface area contributed by atoms with Crippen molar-refractivity contribution >= 4 is 28.5 Å². The van der Waals surface area contributed by atoms with Gasteiger partial charge in [-0.15, -0.1) is 15.0 Å². The van der Waals surface area contributed by atoms with Crippen molar-refractivity contribution in [2.75, 3.05) is 33.1 Å². The van der Waals surface area contributed by atoms with Crippen molar-refractivity contribution in [3.63, 3.8) is 0 Å². The highest BCUT2D eigenvalue weighted by Gasteiger charge is 2.30. The summed E-state index contributed by atoms with van der Waals surface area (Å²) >= 11 is 7.62. The van der Waals surface area contributed by atoms with Crippen LogP contribution < -0.4 is 0 Å². The Bertz CT molecular complexity index is 706. The summed E-state index contributed by atoms with van der Waals surface area (Å²) in [7, 11) is 1.79. The van der Waals surface area contributed by atoms with Crippen molar-refractivity contribution in [2.24, 2.45) is 4.99 Å². The van der Waals surface area contributed by atoms with Crippen molar-refractivity contribution < 1.29 is 4.74 Å². The Balaban J connectivity index is 1.88. The van der Waals surface area contributed by atoms with Crippen LogP contribution in [0, 0.1) is 0 Å². The summed E-state index contributed by atoms with van der Waals surface area (Å²) in [5, 5.41) is 14.4. The molecule has 0 saturated carbocycles. The van der Waals surface area contributed by atoms with Crippen LogP contribution in [0.3, 0.4) is 0 Å². The highest BCUT2D eigenvalue weighted by atomic mass is 35.5. The second-order valence-electron chi connectivity index (χ2n) is 4.91. The SMILES string of the molecule is C/N=C(\SC)N1CCOCC1c1nnn(-c2cccc(Cl)c2)n1. The van der Waals surface area contributed by atoms with Crippen LogP contribution in [-0.4, -0.2) is 63.3 Å². The first-order chi connectivity index (χ1) is 11.2. The lowest BCUT2D eigenvalue weighted by Gasteiger charge is -2.35. The molecule has 0 radical (unpaired) electrons. The number of ether oxygens (including phenoxy) is 1. The molecule has 2 aromatic rings. The van der Waals surface area contributed by atoms with Crippen LogP contribution in [0.2, 0.25) is 5.02 Å². The minimum absolute atomic E-state index is 0.0946. The number of benzene rings is 1. The fourth-order valence-electron chi connectivity index (χ4n) is 2.45. The molecule has 1 aromatic carbocycles. The third kappa shape index (κ3) is 3.49. The topological polar surface area (TPSA) is 68.4 Å². The Morgan fingerprint density at radius 3 is 3.09 bits per heavy atom. The number of hydrogen-bond donors (Lipinski definition) is 0. The summed E-state index contributed by atoms with van der Waals surface area (Å²) in [4.78, 5) is 7.97. The summed E-state index contributed by atoms with van der Waals surface area (Å²) < 4.78 is 5.60. The zero-order chi connectivity index (χ0) is 16.2. The Kier molecular flexibility index (Phi) is 5.14. The van der Waals surface area contributed by atoms with E-state index in [1.807, 2.05) is 24.5 Å². The number of halogens is 1. The average Bonchev–Trinajstić information content (AvgIpc) is 3.06. The minimum atomic E-state index is -0.0946. The van der Waals surface area contributed by atoms with Gasteiger partial charge in [0.25, 0.3) is 0 Å². The predicted molar refractivity (Wildman–Crippen MR) is 91.3 cm³/mol. The smallest absolute Gasteiger partial charge is 0.200 e. The highest BCUT2D eigenvalue weighted by Crippen LogP contribution is 2.24. The van der Waals surface area contributed by atoms with E-state index < -0.39 is 0 Å². The molecule has 0 amide bonds. The van der Waals surface area contributed by atoms with Crippen LogP contribution in [0.5, 0.6) is 0 Å². The molecule has 0 spiro atoms. The van der Waals surface area contributed by atoms with Gasteiger partial charge in [-0.2, -0.15) is 0 Å². The van der Waals surface area contributed by atoms with E-state index in [-0.39, 0.29) is 6.04 Å². The van der Waals surface area contributed by atoms with Crippen LogP contribution in [0.25, 0.3) is 5.69 Å². The Labute approximate surface area is 143 Å². The first-order valence-corrected chi connectivity index (χ1v) is 8.74. The molecular weight excluding hydrogens is 336 g/mol. The Morgan fingerprint density at radius 2 is 2.35 bits per heavy atom. The van der Waals surface area contributed by atoms with Crippen molar-refractivity contribution in [3.05, 3.63) is 35.1 Å². The van der Waals surface area contributed by atoms with E-state index in [0.717, 1.165) is 17.4 Å². The molecule has 9 heteroatoms. The van der Waals surface area contributed by atoms with Crippen molar-refractivity contribution in [1.82, 2.24) is 25.1 Å². The maximum atomic E-state index is 6.02.